The fraction of sp³-hybridized carbons (Fsp3) is 0.538. The van der Waals surface area contributed by atoms with Gasteiger partial charge in [0.1, 0.15) is 21.5 Å². The maximum Gasteiger partial charge on any atom is 0.263 e. The molecule has 0 aliphatic heterocycles. The Bertz CT molecular complexity index is 511. The van der Waals surface area contributed by atoms with Gasteiger partial charge in [-0.15, -0.1) is 11.3 Å². The zero-order chi connectivity index (χ0) is 13.8. The Hall–Kier alpha value is -1.74. The lowest BCUT2D eigenvalue weighted by Gasteiger charge is -2.10. The molecule has 0 spiro atoms. The minimum absolute atomic E-state index is 0.243. The van der Waals surface area contributed by atoms with E-state index >= 15 is 0 Å². The molecule has 0 saturated heterocycles. The van der Waals surface area contributed by atoms with Crippen LogP contribution in [0.4, 0.5) is 10.7 Å². The number of rotatable bonds is 4. The number of hydrogen-bond acceptors (Lipinski definition) is 5. The third-order valence-corrected chi connectivity index (χ3v) is 4.68. The second-order valence-electron chi connectivity index (χ2n) is 4.77. The Kier molecular flexibility index (Phi) is 4.27. The van der Waals surface area contributed by atoms with E-state index < -0.39 is 0 Å². The molecule has 0 aromatic carbocycles. The summed E-state index contributed by atoms with van der Waals surface area (Å²) in [7, 11) is 1.55. The molecular weight excluding hydrogens is 260 g/mol. The Morgan fingerprint density at radius 2 is 2.21 bits per heavy atom. The van der Waals surface area contributed by atoms with Crippen molar-refractivity contribution in [1.29, 1.82) is 5.26 Å². The molecule has 1 aromatic heterocycles. The van der Waals surface area contributed by atoms with Crippen LogP contribution in [0.2, 0.25) is 0 Å². The predicted molar refractivity (Wildman–Crippen MR) is 77.3 cm³/mol. The smallest absolute Gasteiger partial charge is 0.263 e. The summed E-state index contributed by atoms with van der Waals surface area (Å²) in [6.07, 6.45) is 5.04. The van der Waals surface area contributed by atoms with Crippen LogP contribution in [-0.2, 0) is 0 Å². The van der Waals surface area contributed by atoms with Gasteiger partial charge in [0.25, 0.3) is 5.91 Å². The average Bonchev–Trinajstić information content (AvgIpc) is 3.03. The normalized spacial score (nSPS) is 15.2. The van der Waals surface area contributed by atoms with Gasteiger partial charge in [-0.05, 0) is 18.8 Å². The van der Waals surface area contributed by atoms with Gasteiger partial charge in [0, 0.05) is 13.6 Å². The number of carbonyl (C=O) groups excluding carboxylic acids is 1. The molecule has 1 fully saturated rings. The van der Waals surface area contributed by atoms with E-state index in [-0.39, 0.29) is 11.6 Å². The summed E-state index contributed by atoms with van der Waals surface area (Å²) in [4.78, 5) is 12.1. The molecule has 2 rings (SSSR count). The summed E-state index contributed by atoms with van der Waals surface area (Å²) in [5.74, 6) is 0.422. The van der Waals surface area contributed by atoms with Crippen molar-refractivity contribution in [2.75, 3.05) is 24.6 Å². The molecule has 0 bridgehead atoms. The maximum atomic E-state index is 11.7. The number of anilines is 2. The second-order valence-corrected chi connectivity index (χ2v) is 5.79. The third kappa shape index (κ3) is 2.82. The quantitative estimate of drug-likeness (QED) is 0.787. The number of carbonyl (C=O) groups is 1. The van der Waals surface area contributed by atoms with Crippen molar-refractivity contribution in [2.24, 2.45) is 5.92 Å². The molecule has 0 atom stereocenters. The molecule has 5 nitrogen and oxygen atoms in total. The molecule has 1 aliphatic rings. The predicted octanol–water partition coefficient (Wildman–Crippen LogP) is 2.16. The van der Waals surface area contributed by atoms with Crippen LogP contribution in [-0.4, -0.2) is 19.5 Å². The fourth-order valence-electron chi connectivity index (χ4n) is 2.41. The van der Waals surface area contributed by atoms with Crippen LogP contribution in [0.3, 0.4) is 0 Å². The van der Waals surface area contributed by atoms with Gasteiger partial charge in [-0.1, -0.05) is 12.8 Å². The minimum atomic E-state index is -0.243. The lowest BCUT2D eigenvalue weighted by Crippen LogP contribution is -2.17. The van der Waals surface area contributed by atoms with E-state index in [9.17, 15) is 4.79 Å². The van der Waals surface area contributed by atoms with Gasteiger partial charge in [0.05, 0.1) is 5.69 Å². The first kappa shape index (κ1) is 13.7. The van der Waals surface area contributed by atoms with Crippen LogP contribution in [0, 0.1) is 17.2 Å². The van der Waals surface area contributed by atoms with Gasteiger partial charge in [-0.25, -0.2) is 0 Å². The number of nitrogens with two attached hydrogens (primary N) is 1. The van der Waals surface area contributed by atoms with Crippen LogP contribution in [0.15, 0.2) is 0 Å². The number of nitrogens with one attached hydrogen (secondary N) is 2. The van der Waals surface area contributed by atoms with Gasteiger partial charge in [-0.2, -0.15) is 5.26 Å². The molecule has 0 radical (unpaired) electrons. The SMILES string of the molecule is CNC(=O)c1sc(NCC2CCCC2)c(C#N)c1N. The Labute approximate surface area is 116 Å². The molecule has 1 saturated carbocycles. The molecular formula is C13H18N4OS. The van der Waals surface area contributed by atoms with Crippen LogP contribution in [0.1, 0.15) is 40.9 Å². The lowest BCUT2D eigenvalue weighted by molar-refractivity contribution is 0.0968. The largest absolute Gasteiger partial charge is 0.396 e. The molecule has 1 aliphatic carbocycles. The summed E-state index contributed by atoms with van der Waals surface area (Å²) in [5.41, 5.74) is 6.53. The number of nitrogen functional groups attached to an aromatic ring is 1. The van der Waals surface area contributed by atoms with E-state index in [2.05, 4.69) is 16.7 Å². The first-order valence-corrected chi connectivity index (χ1v) is 7.27. The molecule has 102 valence electrons. The number of thiophene rings is 1. The zero-order valence-electron chi connectivity index (χ0n) is 11.0. The number of nitrogens with zero attached hydrogens (tertiary/aromatic N) is 1. The highest BCUT2D eigenvalue weighted by Gasteiger charge is 2.21. The molecule has 1 aromatic rings. The summed E-state index contributed by atoms with van der Waals surface area (Å²) in [6, 6.07) is 2.08. The number of nitriles is 1. The van der Waals surface area contributed by atoms with Gasteiger partial charge >= 0.3 is 0 Å². The maximum absolute atomic E-state index is 11.7. The Morgan fingerprint density at radius 3 is 2.79 bits per heavy atom. The highest BCUT2D eigenvalue weighted by Crippen LogP contribution is 2.36. The second kappa shape index (κ2) is 5.93. The average molecular weight is 278 g/mol. The van der Waals surface area contributed by atoms with Crippen LogP contribution in [0.25, 0.3) is 0 Å². The van der Waals surface area contributed by atoms with Crippen LogP contribution >= 0.6 is 11.3 Å². The van der Waals surface area contributed by atoms with E-state index in [1.54, 1.807) is 7.05 Å². The standard InChI is InChI=1S/C13H18N4OS/c1-16-12(18)11-10(15)9(6-14)13(19-11)17-7-8-4-2-3-5-8/h8,17H,2-5,7,15H2,1H3,(H,16,18). The Balaban J connectivity index is 2.15. The molecule has 1 amide bonds. The molecule has 19 heavy (non-hydrogen) atoms. The highest BCUT2D eigenvalue weighted by molar-refractivity contribution is 7.18. The van der Waals surface area contributed by atoms with Gasteiger partial charge in [-0.3, -0.25) is 4.79 Å². The van der Waals surface area contributed by atoms with E-state index in [0.29, 0.717) is 21.4 Å². The molecule has 6 heteroatoms. The summed E-state index contributed by atoms with van der Waals surface area (Å²) < 4.78 is 0. The highest BCUT2D eigenvalue weighted by atomic mass is 32.1. The summed E-state index contributed by atoms with van der Waals surface area (Å²) in [5, 5.41) is 15.7. The number of amides is 1. The molecule has 0 unspecified atom stereocenters. The van der Waals surface area contributed by atoms with Crippen molar-refractivity contribution in [1.82, 2.24) is 5.32 Å². The Morgan fingerprint density at radius 1 is 1.53 bits per heavy atom. The monoisotopic (exact) mass is 278 g/mol. The first-order valence-electron chi connectivity index (χ1n) is 6.45. The molecule has 1 heterocycles. The van der Waals surface area contributed by atoms with Gasteiger partial charge in [0.2, 0.25) is 0 Å². The third-order valence-electron chi connectivity index (χ3n) is 3.52. The summed E-state index contributed by atoms with van der Waals surface area (Å²) in [6.45, 7) is 0.849. The van der Waals surface area contributed by atoms with E-state index in [1.807, 2.05) is 0 Å². The van der Waals surface area contributed by atoms with Crippen LogP contribution in [0.5, 0.6) is 0 Å². The summed E-state index contributed by atoms with van der Waals surface area (Å²) >= 11 is 1.26. The van der Waals surface area contributed by atoms with Crippen molar-refractivity contribution >= 4 is 27.9 Å². The minimum Gasteiger partial charge on any atom is -0.396 e. The van der Waals surface area contributed by atoms with E-state index in [4.69, 9.17) is 11.0 Å². The number of hydrogen-bond donors (Lipinski definition) is 3. The van der Waals surface area contributed by atoms with Crippen molar-refractivity contribution in [3.05, 3.63) is 10.4 Å². The van der Waals surface area contributed by atoms with Crippen LogP contribution < -0.4 is 16.4 Å². The fourth-order valence-corrected chi connectivity index (χ4v) is 3.44. The first-order chi connectivity index (χ1) is 9.17. The van der Waals surface area contributed by atoms with E-state index in [1.165, 1.54) is 37.0 Å². The van der Waals surface area contributed by atoms with Crippen molar-refractivity contribution in [3.63, 3.8) is 0 Å². The zero-order valence-corrected chi connectivity index (χ0v) is 11.8. The van der Waals surface area contributed by atoms with Crippen molar-refractivity contribution in [3.8, 4) is 6.07 Å². The van der Waals surface area contributed by atoms with Crippen molar-refractivity contribution < 1.29 is 4.79 Å². The van der Waals surface area contributed by atoms with Gasteiger partial charge < -0.3 is 16.4 Å². The van der Waals surface area contributed by atoms with E-state index in [0.717, 1.165) is 6.54 Å². The van der Waals surface area contributed by atoms with Gasteiger partial charge in [0.15, 0.2) is 0 Å². The topological polar surface area (TPSA) is 90.9 Å². The molecule has 4 N–H and O–H groups in total. The van der Waals surface area contributed by atoms with Crippen molar-refractivity contribution in [2.45, 2.75) is 25.7 Å². The lowest BCUT2D eigenvalue weighted by atomic mass is 10.1.